The van der Waals surface area contributed by atoms with Crippen LogP contribution in [0.3, 0.4) is 0 Å². The number of nitrogens with zero attached hydrogens (tertiary/aromatic N) is 4. The number of carbonyl (C=O) groups excluding carboxylic acids is 1. The summed E-state index contributed by atoms with van der Waals surface area (Å²) in [5, 5.41) is 10.6. The molecule has 1 aromatic carbocycles. The first-order valence-corrected chi connectivity index (χ1v) is 9.99. The van der Waals surface area contributed by atoms with Crippen molar-refractivity contribution in [2.75, 3.05) is 18.9 Å². The lowest BCUT2D eigenvalue weighted by molar-refractivity contribution is -0.117. The molecule has 0 aliphatic rings. The minimum Gasteiger partial charge on any atom is -0.301 e. The van der Waals surface area contributed by atoms with Crippen LogP contribution in [-0.2, 0) is 17.9 Å². The Hall–Kier alpha value is -1.93. The van der Waals surface area contributed by atoms with Gasteiger partial charge in [-0.25, -0.2) is 4.98 Å². The third-order valence-electron chi connectivity index (χ3n) is 3.83. The molecule has 0 unspecified atom stereocenters. The summed E-state index contributed by atoms with van der Waals surface area (Å²) in [6.45, 7) is 3.77. The monoisotopic (exact) mass is 423 g/mol. The summed E-state index contributed by atoms with van der Waals surface area (Å²) < 4.78 is 1.86. The number of amides is 1. The summed E-state index contributed by atoms with van der Waals surface area (Å²) in [4.78, 5) is 18.7. The average Bonchev–Trinajstić information content (AvgIpc) is 3.24. The minimum absolute atomic E-state index is 0.122. The Kier molecular flexibility index (Phi) is 6.49. The van der Waals surface area contributed by atoms with Gasteiger partial charge in [-0.05, 0) is 32.2 Å². The predicted octanol–water partition coefficient (Wildman–Crippen LogP) is 4.40. The van der Waals surface area contributed by atoms with Gasteiger partial charge in [0.15, 0.2) is 5.13 Å². The molecule has 2 heterocycles. The van der Waals surface area contributed by atoms with Crippen LogP contribution in [-0.4, -0.2) is 39.2 Å². The van der Waals surface area contributed by atoms with Crippen molar-refractivity contribution in [3.63, 3.8) is 0 Å². The fraction of sp³-hybridized carbons (Fsp3) is 0.278. The van der Waals surface area contributed by atoms with Crippen molar-refractivity contribution in [2.24, 2.45) is 0 Å². The van der Waals surface area contributed by atoms with Gasteiger partial charge in [-0.15, -0.1) is 11.3 Å². The lowest BCUT2D eigenvalue weighted by Gasteiger charge is -2.14. The van der Waals surface area contributed by atoms with Crippen LogP contribution >= 0.6 is 34.5 Å². The number of likely N-dealkylation sites (N-methyl/N-ethyl adjacent to an activating group) is 1. The number of aryl methyl sites for hydroxylation is 1. The molecule has 3 aromatic rings. The van der Waals surface area contributed by atoms with E-state index in [1.54, 1.807) is 12.1 Å². The number of thiazole rings is 1. The smallest absolute Gasteiger partial charge is 0.240 e. The molecular formula is C18H19Cl2N5OS. The van der Waals surface area contributed by atoms with E-state index < -0.39 is 0 Å². The molecule has 6 nitrogen and oxygen atoms in total. The van der Waals surface area contributed by atoms with Crippen LogP contribution in [0.15, 0.2) is 36.0 Å². The van der Waals surface area contributed by atoms with Crippen LogP contribution in [0.4, 0.5) is 5.13 Å². The Morgan fingerprint density at radius 2 is 2.19 bits per heavy atom. The molecule has 0 atom stereocenters. The maximum absolute atomic E-state index is 12.3. The zero-order valence-electron chi connectivity index (χ0n) is 14.9. The number of hydrogen-bond acceptors (Lipinski definition) is 5. The third-order valence-corrected chi connectivity index (χ3v) is 5.14. The number of carbonyl (C=O) groups is 1. The van der Waals surface area contributed by atoms with Crippen molar-refractivity contribution in [1.82, 2.24) is 19.7 Å². The second kappa shape index (κ2) is 8.84. The number of halogens is 2. The van der Waals surface area contributed by atoms with Gasteiger partial charge in [0.25, 0.3) is 0 Å². The van der Waals surface area contributed by atoms with E-state index in [4.69, 9.17) is 23.2 Å². The summed E-state index contributed by atoms with van der Waals surface area (Å²) in [5.41, 5.74) is 2.56. The standard InChI is InChI=1S/C18H19Cl2N5OS/c1-3-25-9-12(7-21-25)8-24(2)10-17(26)23-18-22-16(11-27-18)14-5-4-13(19)6-15(14)20/h4-7,9,11H,3,8,10H2,1-2H3,(H,22,23,26). The van der Waals surface area contributed by atoms with Gasteiger partial charge in [-0.1, -0.05) is 23.2 Å². The van der Waals surface area contributed by atoms with Crippen LogP contribution in [0.2, 0.25) is 10.0 Å². The van der Waals surface area contributed by atoms with E-state index in [9.17, 15) is 4.79 Å². The number of benzene rings is 1. The number of aromatic nitrogens is 3. The molecule has 0 radical (unpaired) electrons. The second-order valence-corrected chi connectivity index (χ2v) is 7.79. The highest BCUT2D eigenvalue weighted by Gasteiger charge is 2.13. The van der Waals surface area contributed by atoms with Gasteiger partial charge in [0, 0.05) is 40.8 Å². The molecule has 1 N–H and O–H groups in total. The Bertz CT molecular complexity index is 939. The van der Waals surface area contributed by atoms with Gasteiger partial charge in [-0.3, -0.25) is 14.4 Å². The molecular weight excluding hydrogens is 405 g/mol. The fourth-order valence-corrected chi connectivity index (χ4v) is 3.82. The largest absolute Gasteiger partial charge is 0.301 e. The topological polar surface area (TPSA) is 63.1 Å². The molecule has 0 saturated heterocycles. The minimum atomic E-state index is -0.122. The first kappa shape index (κ1) is 19.8. The highest BCUT2D eigenvalue weighted by Crippen LogP contribution is 2.32. The normalized spacial score (nSPS) is 11.1. The van der Waals surface area contributed by atoms with Crippen molar-refractivity contribution in [3.05, 3.63) is 51.6 Å². The Morgan fingerprint density at radius 1 is 1.37 bits per heavy atom. The molecule has 0 spiro atoms. The predicted molar refractivity (Wildman–Crippen MR) is 110 cm³/mol. The number of nitrogens with one attached hydrogen (secondary N) is 1. The average molecular weight is 424 g/mol. The molecule has 2 aromatic heterocycles. The van der Waals surface area contributed by atoms with Crippen molar-refractivity contribution >= 4 is 45.6 Å². The highest BCUT2D eigenvalue weighted by atomic mass is 35.5. The van der Waals surface area contributed by atoms with Gasteiger partial charge in [0.2, 0.25) is 5.91 Å². The zero-order chi connectivity index (χ0) is 19.4. The van der Waals surface area contributed by atoms with Gasteiger partial charge in [0.1, 0.15) is 0 Å². The maximum atomic E-state index is 12.3. The van der Waals surface area contributed by atoms with E-state index in [-0.39, 0.29) is 12.5 Å². The van der Waals surface area contributed by atoms with Crippen LogP contribution in [0, 0.1) is 0 Å². The molecule has 0 aliphatic carbocycles. The van der Waals surface area contributed by atoms with Gasteiger partial charge in [-0.2, -0.15) is 5.10 Å². The third kappa shape index (κ3) is 5.29. The molecule has 0 aliphatic heterocycles. The van der Waals surface area contributed by atoms with Crippen molar-refractivity contribution < 1.29 is 4.79 Å². The summed E-state index contributed by atoms with van der Waals surface area (Å²) in [6.07, 6.45) is 3.80. The number of hydrogen-bond donors (Lipinski definition) is 1. The quantitative estimate of drug-likeness (QED) is 0.611. The SMILES string of the molecule is CCn1cc(CN(C)CC(=O)Nc2nc(-c3ccc(Cl)cc3Cl)cs2)cn1. The molecule has 9 heteroatoms. The molecule has 142 valence electrons. The highest BCUT2D eigenvalue weighted by molar-refractivity contribution is 7.14. The molecule has 0 fully saturated rings. The van der Waals surface area contributed by atoms with Crippen molar-refractivity contribution in [2.45, 2.75) is 20.0 Å². The fourth-order valence-electron chi connectivity index (χ4n) is 2.58. The second-order valence-electron chi connectivity index (χ2n) is 6.09. The van der Waals surface area contributed by atoms with E-state index in [0.29, 0.717) is 27.4 Å². The summed E-state index contributed by atoms with van der Waals surface area (Å²) >= 11 is 13.5. The summed E-state index contributed by atoms with van der Waals surface area (Å²) in [6, 6.07) is 5.25. The number of rotatable bonds is 7. The van der Waals surface area contributed by atoms with E-state index in [0.717, 1.165) is 17.7 Å². The summed E-state index contributed by atoms with van der Waals surface area (Å²) in [5.74, 6) is -0.122. The Morgan fingerprint density at radius 3 is 2.89 bits per heavy atom. The van der Waals surface area contributed by atoms with Crippen molar-refractivity contribution in [1.29, 1.82) is 0 Å². The molecule has 0 bridgehead atoms. The first-order valence-electron chi connectivity index (χ1n) is 8.35. The molecule has 27 heavy (non-hydrogen) atoms. The Labute approximate surface area is 171 Å². The molecule has 1 amide bonds. The lowest BCUT2D eigenvalue weighted by Crippen LogP contribution is -2.29. The van der Waals surface area contributed by atoms with Crippen molar-refractivity contribution in [3.8, 4) is 11.3 Å². The van der Waals surface area contributed by atoms with E-state index in [1.807, 2.05) is 47.4 Å². The van der Waals surface area contributed by atoms with Crippen LogP contribution < -0.4 is 5.32 Å². The van der Waals surface area contributed by atoms with Crippen LogP contribution in [0.5, 0.6) is 0 Å². The lowest BCUT2D eigenvalue weighted by atomic mass is 10.2. The van der Waals surface area contributed by atoms with E-state index in [2.05, 4.69) is 15.4 Å². The first-order chi connectivity index (χ1) is 12.9. The van der Waals surface area contributed by atoms with Crippen LogP contribution in [0.25, 0.3) is 11.3 Å². The van der Waals surface area contributed by atoms with E-state index >= 15 is 0 Å². The zero-order valence-corrected chi connectivity index (χ0v) is 17.3. The van der Waals surface area contributed by atoms with Gasteiger partial charge >= 0.3 is 0 Å². The molecule has 3 rings (SSSR count). The maximum Gasteiger partial charge on any atom is 0.240 e. The van der Waals surface area contributed by atoms with E-state index in [1.165, 1.54) is 11.3 Å². The Balaban J connectivity index is 1.57. The van der Waals surface area contributed by atoms with Crippen LogP contribution in [0.1, 0.15) is 12.5 Å². The summed E-state index contributed by atoms with van der Waals surface area (Å²) in [7, 11) is 1.89. The number of anilines is 1. The van der Waals surface area contributed by atoms with Gasteiger partial charge < -0.3 is 5.32 Å². The molecule has 0 saturated carbocycles. The van der Waals surface area contributed by atoms with Gasteiger partial charge in [0.05, 0.1) is 23.5 Å².